The van der Waals surface area contributed by atoms with E-state index in [0.29, 0.717) is 0 Å². The van der Waals surface area contributed by atoms with Crippen molar-refractivity contribution in [3.05, 3.63) is 59.7 Å². The smallest absolute Gasteiger partial charge is 0.136 e. The van der Waals surface area contributed by atoms with Crippen LogP contribution in [0, 0.1) is 6.92 Å². The first-order chi connectivity index (χ1) is 8.29. The van der Waals surface area contributed by atoms with E-state index < -0.39 is 0 Å². The van der Waals surface area contributed by atoms with Crippen LogP contribution in [0.2, 0.25) is 0 Å². The van der Waals surface area contributed by atoms with Crippen LogP contribution in [-0.4, -0.2) is 6.21 Å². The number of ether oxygens (including phenoxy) is 1. The maximum Gasteiger partial charge on any atom is 0.136 e. The molecule has 0 atom stereocenters. The molecule has 3 nitrogen and oxygen atoms in total. The normalized spacial score (nSPS) is 10.6. The highest BCUT2D eigenvalue weighted by molar-refractivity contribution is 5.83. The number of hydrazone groups is 1. The molecule has 0 amide bonds. The molecule has 0 radical (unpaired) electrons. The van der Waals surface area contributed by atoms with E-state index in [1.54, 1.807) is 6.21 Å². The summed E-state index contributed by atoms with van der Waals surface area (Å²) in [5, 5.41) is 3.52. The van der Waals surface area contributed by atoms with Crippen molar-refractivity contribution in [3.63, 3.8) is 0 Å². The third kappa shape index (κ3) is 2.84. The van der Waals surface area contributed by atoms with E-state index in [4.69, 9.17) is 10.6 Å². The van der Waals surface area contributed by atoms with Crippen LogP contribution in [-0.2, 0) is 0 Å². The van der Waals surface area contributed by atoms with E-state index in [1.165, 1.54) is 5.56 Å². The van der Waals surface area contributed by atoms with E-state index >= 15 is 0 Å². The summed E-state index contributed by atoms with van der Waals surface area (Å²) in [6.07, 6.45) is 1.57. The molecule has 0 aliphatic carbocycles. The van der Waals surface area contributed by atoms with Gasteiger partial charge in [0.05, 0.1) is 6.21 Å². The van der Waals surface area contributed by atoms with Gasteiger partial charge in [0.1, 0.15) is 11.5 Å². The Kier molecular flexibility index (Phi) is 3.40. The Morgan fingerprint density at radius 1 is 1.06 bits per heavy atom. The molecule has 0 saturated heterocycles. The van der Waals surface area contributed by atoms with Gasteiger partial charge >= 0.3 is 0 Å². The standard InChI is InChI=1S/C14H14N2O/c1-11-6-8-13(9-7-11)17-14-5-3-2-4-12(14)10-16-15/h2-10H,15H2,1H3. The Hall–Kier alpha value is -2.29. The molecule has 0 aliphatic rings. The number of hydrogen-bond acceptors (Lipinski definition) is 3. The number of hydrogen-bond donors (Lipinski definition) is 1. The third-order valence-corrected chi connectivity index (χ3v) is 2.38. The molecule has 0 saturated carbocycles. The average Bonchev–Trinajstić information content (AvgIpc) is 2.35. The van der Waals surface area contributed by atoms with Crippen molar-refractivity contribution >= 4 is 6.21 Å². The lowest BCUT2D eigenvalue weighted by molar-refractivity contribution is 0.482. The molecular weight excluding hydrogens is 212 g/mol. The minimum atomic E-state index is 0.741. The quantitative estimate of drug-likeness (QED) is 0.496. The van der Waals surface area contributed by atoms with Gasteiger partial charge in [-0.15, -0.1) is 0 Å². The molecule has 86 valence electrons. The number of aryl methyl sites for hydroxylation is 1. The molecule has 2 rings (SSSR count). The lowest BCUT2D eigenvalue weighted by Gasteiger charge is -2.08. The molecule has 0 heterocycles. The number of para-hydroxylation sites is 1. The van der Waals surface area contributed by atoms with Gasteiger partial charge < -0.3 is 10.6 Å². The number of nitrogens with zero attached hydrogens (tertiary/aromatic N) is 1. The predicted molar refractivity (Wildman–Crippen MR) is 69.5 cm³/mol. The zero-order valence-electron chi connectivity index (χ0n) is 9.63. The molecule has 0 unspecified atom stereocenters. The van der Waals surface area contributed by atoms with Crippen LogP contribution < -0.4 is 10.6 Å². The average molecular weight is 226 g/mol. The van der Waals surface area contributed by atoms with Crippen molar-refractivity contribution in [2.75, 3.05) is 0 Å². The van der Waals surface area contributed by atoms with Gasteiger partial charge in [-0.2, -0.15) is 5.10 Å². The van der Waals surface area contributed by atoms with Gasteiger partial charge in [-0.1, -0.05) is 29.8 Å². The minimum absolute atomic E-state index is 0.741. The fourth-order valence-electron chi connectivity index (χ4n) is 1.49. The lowest BCUT2D eigenvalue weighted by Crippen LogP contribution is -1.92. The number of benzene rings is 2. The highest BCUT2D eigenvalue weighted by Crippen LogP contribution is 2.24. The molecule has 0 aliphatic heterocycles. The van der Waals surface area contributed by atoms with Crippen molar-refractivity contribution in [2.45, 2.75) is 6.92 Å². The monoisotopic (exact) mass is 226 g/mol. The van der Waals surface area contributed by atoms with E-state index in [2.05, 4.69) is 5.10 Å². The summed E-state index contributed by atoms with van der Waals surface area (Å²) in [7, 11) is 0. The maximum atomic E-state index is 5.77. The Morgan fingerprint density at radius 2 is 1.76 bits per heavy atom. The Bertz CT molecular complexity index is 518. The molecule has 2 aromatic rings. The van der Waals surface area contributed by atoms with E-state index in [9.17, 15) is 0 Å². The largest absolute Gasteiger partial charge is 0.457 e. The van der Waals surface area contributed by atoms with Crippen LogP contribution in [0.25, 0.3) is 0 Å². The fourth-order valence-corrected chi connectivity index (χ4v) is 1.49. The van der Waals surface area contributed by atoms with E-state index in [-0.39, 0.29) is 0 Å². The van der Waals surface area contributed by atoms with Crippen molar-refractivity contribution < 1.29 is 4.74 Å². The van der Waals surface area contributed by atoms with Crippen LogP contribution in [0.3, 0.4) is 0 Å². The molecule has 0 spiro atoms. The van der Waals surface area contributed by atoms with Crippen molar-refractivity contribution in [1.82, 2.24) is 0 Å². The third-order valence-electron chi connectivity index (χ3n) is 2.38. The van der Waals surface area contributed by atoms with Crippen LogP contribution in [0.4, 0.5) is 0 Å². The van der Waals surface area contributed by atoms with Crippen molar-refractivity contribution in [2.24, 2.45) is 10.9 Å². The zero-order valence-corrected chi connectivity index (χ0v) is 9.63. The van der Waals surface area contributed by atoms with Gasteiger partial charge in [-0.3, -0.25) is 0 Å². The Balaban J connectivity index is 2.26. The summed E-state index contributed by atoms with van der Waals surface area (Å²) >= 11 is 0. The first kappa shape index (κ1) is 11.2. The Labute approximate surface area is 101 Å². The van der Waals surface area contributed by atoms with Crippen molar-refractivity contribution in [1.29, 1.82) is 0 Å². The summed E-state index contributed by atoms with van der Waals surface area (Å²) in [4.78, 5) is 0. The number of rotatable bonds is 3. The summed E-state index contributed by atoms with van der Waals surface area (Å²) in [5.41, 5.74) is 2.06. The molecule has 2 N–H and O–H groups in total. The van der Waals surface area contributed by atoms with E-state index in [0.717, 1.165) is 17.1 Å². The molecular formula is C14H14N2O. The van der Waals surface area contributed by atoms with Gasteiger partial charge in [-0.05, 0) is 31.2 Å². The van der Waals surface area contributed by atoms with Crippen LogP contribution >= 0.6 is 0 Å². The summed E-state index contributed by atoms with van der Waals surface area (Å²) in [6.45, 7) is 2.04. The van der Waals surface area contributed by atoms with Crippen molar-refractivity contribution in [3.8, 4) is 11.5 Å². The minimum Gasteiger partial charge on any atom is -0.457 e. The second-order valence-corrected chi connectivity index (χ2v) is 3.73. The second-order valence-electron chi connectivity index (χ2n) is 3.73. The SMILES string of the molecule is Cc1ccc(Oc2ccccc2C=NN)cc1. The maximum absolute atomic E-state index is 5.77. The molecule has 0 aromatic heterocycles. The Morgan fingerprint density at radius 3 is 2.47 bits per heavy atom. The lowest BCUT2D eigenvalue weighted by atomic mass is 10.2. The summed E-state index contributed by atoms with van der Waals surface area (Å²) in [5.74, 6) is 6.70. The van der Waals surface area contributed by atoms with Gasteiger partial charge in [0, 0.05) is 5.56 Å². The molecule has 3 heteroatoms. The highest BCUT2D eigenvalue weighted by Gasteiger charge is 2.01. The van der Waals surface area contributed by atoms with Gasteiger partial charge in [0.15, 0.2) is 0 Å². The topological polar surface area (TPSA) is 47.6 Å². The van der Waals surface area contributed by atoms with Gasteiger partial charge in [0.25, 0.3) is 0 Å². The first-order valence-corrected chi connectivity index (χ1v) is 5.36. The first-order valence-electron chi connectivity index (χ1n) is 5.36. The van der Waals surface area contributed by atoms with Crippen LogP contribution in [0.1, 0.15) is 11.1 Å². The van der Waals surface area contributed by atoms with E-state index in [1.807, 2.05) is 55.5 Å². The van der Waals surface area contributed by atoms with Crippen LogP contribution in [0.15, 0.2) is 53.6 Å². The molecule has 0 bridgehead atoms. The fraction of sp³-hybridized carbons (Fsp3) is 0.0714. The summed E-state index contributed by atoms with van der Waals surface area (Å²) < 4.78 is 5.77. The molecule has 17 heavy (non-hydrogen) atoms. The predicted octanol–water partition coefficient (Wildman–Crippen LogP) is 3.08. The second kappa shape index (κ2) is 5.16. The van der Waals surface area contributed by atoms with Crippen LogP contribution in [0.5, 0.6) is 11.5 Å². The highest BCUT2D eigenvalue weighted by atomic mass is 16.5. The summed E-state index contributed by atoms with van der Waals surface area (Å²) in [6, 6.07) is 15.5. The molecule has 2 aromatic carbocycles. The van der Waals surface area contributed by atoms with Gasteiger partial charge in [-0.25, -0.2) is 0 Å². The number of nitrogens with two attached hydrogens (primary N) is 1. The molecule has 0 fully saturated rings. The zero-order chi connectivity index (χ0) is 12.1. The van der Waals surface area contributed by atoms with Gasteiger partial charge in [0.2, 0.25) is 0 Å².